The number of halogens is 3. The summed E-state index contributed by atoms with van der Waals surface area (Å²) in [6.07, 6.45) is 2.67. The van der Waals surface area contributed by atoms with Gasteiger partial charge in [-0.25, -0.2) is 4.39 Å². The van der Waals surface area contributed by atoms with E-state index in [9.17, 15) is 4.39 Å². The van der Waals surface area contributed by atoms with Gasteiger partial charge in [0.1, 0.15) is 5.82 Å². The largest absolute Gasteiger partial charge is 0.356 e. The van der Waals surface area contributed by atoms with Crippen LogP contribution in [0.15, 0.2) is 35.3 Å². The molecule has 2 rings (SSSR count). The van der Waals surface area contributed by atoms with Crippen LogP contribution in [0.4, 0.5) is 4.39 Å². The first-order valence-electron chi connectivity index (χ1n) is 8.76. The van der Waals surface area contributed by atoms with Gasteiger partial charge >= 0.3 is 0 Å². The van der Waals surface area contributed by atoms with E-state index < -0.39 is 0 Å². The molecule has 0 amide bonds. The first kappa shape index (κ1) is 23.2. The number of piperidine rings is 1. The Morgan fingerprint density at radius 1 is 1.38 bits per heavy atom. The van der Waals surface area contributed by atoms with Crippen molar-refractivity contribution in [3.05, 3.63) is 46.8 Å². The predicted molar refractivity (Wildman–Crippen MR) is 119 cm³/mol. The smallest absolute Gasteiger partial charge is 0.191 e. The van der Waals surface area contributed by atoms with Gasteiger partial charge in [-0.1, -0.05) is 29.8 Å². The molecule has 1 aromatic carbocycles. The minimum absolute atomic E-state index is 0. The quantitative estimate of drug-likeness (QED) is 0.273. The average Bonchev–Trinajstić information content (AvgIpc) is 2.57. The van der Waals surface area contributed by atoms with Gasteiger partial charge in [0.2, 0.25) is 0 Å². The van der Waals surface area contributed by atoms with Crippen molar-refractivity contribution in [2.24, 2.45) is 4.99 Å². The van der Waals surface area contributed by atoms with Crippen molar-refractivity contribution < 1.29 is 4.39 Å². The van der Waals surface area contributed by atoms with Crippen LogP contribution < -0.4 is 10.6 Å². The number of likely N-dealkylation sites (tertiary alicyclic amines) is 1. The van der Waals surface area contributed by atoms with Gasteiger partial charge in [0.15, 0.2) is 5.96 Å². The van der Waals surface area contributed by atoms with Crippen molar-refractivity contribution in [1.29, 1.82) is 0 Å². The van der Waals surface area contributed by atoms with Gasteiger partial charge in [-0.15, -0.1) is 24.0 Å². The lowest BCUT2D eigenvalue weighted by atomic mass is 10.0. The summed E-state index contributed by atoms with van der Waals surface area (Å²) in [7, 11) is 1.75. The third kappa shape index (κ3) is 7.40. The molecular weight excluding hydrogens is 466 g/mol. The molecule has 26 heavy (non-hydrogen) atoms. The molecule has 1 aliphatic rings. The summed E-state index contributed by atoms with van der Waals surface area (Å²) in [5, 5.41) is 7.17. The maximum Gasteiger partial charge on any atom is 0.191 e. The zero-order valence-electron chi connectivity index (χ0n) is 15.5. The second-order valence-corrected chi connectivity index (χ2v) is 7.01. The number of aliphatic imine (C=N–C) groups is 1. The molecule has 146 valence electrons. The van der Waals surface area contributed by atoms with E-state index in [0.717, 1.165) is 38.4 Å². The van der Waals surface area contributed by atoms with Gasteiger partial charge in [0, 0.05) is 49.9 Å². The fourth-order valence-corrected chi connectivity index (χ4v) is 3.34. The summed E-state index contributed by atoms with van der Waals surface area (Å²) in [5.74, 6) is 0.493. The molecular formula is C19H29ClFIN4. The molecule has 1 aliphatic heterocycles. The molecule has 0 atom stereocenters. The van der Waals surface area contributed by atoms with E-state index >= 15 is 0 Å². The Morgan fingerprint density at radius 3 is 2.65 bits per heavy atom. The number of nitrogens with zero attached hydrogens (tertiary/aromatic N) is 2. The second-order valence-electron chi connectivity index (χ2n) is 6.60. The second kappa shape index (κ2) is 11.8. The Morgan fingerprint density at radius 2 is 2.08 bits per heavy atom. The van der Waals surface area contributed by atoms with E-state index in [1.807, 2.05) is 0 Å². The fourth-order valence-electron chi connectivity index (χ4n) is 3.08. The summed E-state index contributed by atoms with van der Waals surface area (Å²) >= 11 is 6.06. The minimum Gasteiger partial charge on any atom is -0.356 e. The van der Waals surface area contributed by atoms with E-state index in [2.05, 4.69) is 34.0 Å². The maximum atomic E-state index is 13.8. The summed E-state index contributed by atoms with van der Waals surface area (Å²) in [5.41, 5.74) is 1.75. The molecule has 7 heteroatoms. The van der Waals surface area contributed by atoms with Gasteiger partial charge in [-0.3, -0.25) is 9.89 Å². The van der Waals surface area contributed by atoms with E-state index in [-0.39, 0.29) is 29.8 Å². The molecule has 1 heterocycles. The van der Waals surface area contributed by atoms with Crippen molar-refractivity contribution in [3.63, 3.8) is 0 Å². The highest BCUT2D eigenvalue weighted by Gasteiger charge is 2.19. The molecule has 2 N–H and O–H groups in total. The highest BCUT2D eigenvalue weighted by atomic mass is 127. The third-order valence-electron chi connectivity index (χ3n) is 4.37. The predicted octanol–water partition coefficient (Wildman–Crippen LogP) is 3.85. The van der Waals surface area contributed by atoms with Crippen LogP contribution >= 0.6 is 35.6 Å². The fraction of sp³-hybridized carbons (Fsp3) is 0.526. The first-order chi connectivity index (χ1) is 12.0. The SMILES string of the molecule is C=C(C)CN1CCC(NC(=NC)NCCc2c(F)cccc2Cl)CC1.I. The van der Waals surface area contributed by atoms with Crippen molar-refractivity contribution in [1.82, 2.24) is 15.5 Å². The van der Waals surface area contributed by atoms with Crippen molar-refractivity contribution in [3.8, 4) is 0 Å². The van der Waals surface area contributed by atoms with Crippen LogP contribution in [-0.2, 0) is 6.42 Å². The minimum atomic E-state index is -0.262. The molecule has 0 saturated carbocycles. The monoisotopic (exact) mass is 494 g/mol. The molecule has 0 unspecified atom stereocenters. The highest BCUT2D eigenvalue weighted by Crippen LogP contribution is 2.19. The van der Waals surface area contributed by atoms with Crippen LogP contribution in [0, 0.1) is 5.82 Å². The molecule has 1 fully saturated rings. The van der Waals surface area contributed by atoms with Crippen LogP contribution in [0.2, 0.25) is 5.02 Å². The summed E-state index contributed by atoms with van der Waals surface area (Å²) in [4.78, 5) is 6.69. The lowest BCUT2D eigenvalue weighted by molar-refractivity contribution is 0.221. The average molecular weight is 495 g/mol. The van der Waals surface area contributed by atoms with Gasteiger partial charge in [0.25, 0.3) is 0 Å². The molecule has 0 bridgehead atoms. The first-order valence-corrected chi connectivity index (χ1v) is 9.14. The van der Waals surface area contributed by atoms with E-state index in [4.69, 9.17) is 11.6 Å². The summed E-state index contributed by atoms with van der Waals surface area (Å²) < 4.78 is 13.8. The van der Waals surface area contributed by atoms with Crippen LogP contribution in [0.25, 0.3) is 0 Å². The number of benzene rings is 1. The summed E-state index contributed by atoms with van der Waals surface area (Å²) in [6, 6.07) is 5.18. The summed E-state index contributed by atoms with van der Waals surface area (Å²) in [6.45, 7) is 9.72. The maximum absolute atomic E-state index is 13.8. The van der Waals surface area contributed by atoms with Crippen LogP contribution in [0.3, 0.4) is 0 Å². The Kier molecular flexibility index (Phi) is 10.5. The molecule has 0 spiro atoms. The highest BCUT2D eigenvalue weighted by molar-refractivity contribution is 14.0. The van der Waals surface area contributed by atoms with Crippen molar-refractivity contribution in [2.75, 3.05) is 33.2 Å². The lowest BCUT2D eigenvalue weighted by Gasteiger charge is -2.33. The Labute approximate surface area is 178 Å². The number of nitrogens with one attached hydrogen (secondary N) is 2. The lowest BCUT2D eigenvalue weighted by Crippen LogP contribution is -2.49. The van der Waals surface area contributed by atoms with Gasteiger partial charge < -0.3 is 10.6 Å². The van der Waals surface area contributed by atoms with Crippen molar-refractivity contribution >= 4 is 41.5 Å². The topological polar surface area (TPSA) is 39.7 Å². The van der Waals surface area contributed by atoms with Crippen molar-refractivity contribution in [2.45, 2.75) is 32.2 Å². The van der Waals surface area contributed by atoms with E-state index in [0.29, 0.717) is 29.6 Å². The standard InChI is InChI=1S/C19H28ClFN4.HI/c1-14(2)13-25-11-8-15(9-12-25)24-19(22-3)23-10-7-16-17(20)5-4-6-18(16)21;/h4-6,15H,1,7-13H2,2-3H3,(H2,22,23,24);1H. The molecule has 1 aromatic rings. The number of hydrogen-bond donors (Lipinski definition) is 2. The van der Waals surface area contributed by atoms with Gasteiger partial charge in [-0.2, -0.15) is 0 Å². The Balaban J connectivity index is 0.00000338. The van der Waals surface area contributed by atoms with Crippen LogP contribution in [0.5, 0.6) is 0 Å². The Bertz CT molecular complexity index is 595. The molecule has 1 saturated heterocycles. The third-order valence-corrected chi connectivity index (χ3v) is 4.73. The van der Waals surface area contributed by atoms with Crippen LogP contribution in [0.1, 0.15) is 25.3 Å². The molecule has 0 radical (unpaired) electrons. The molecule has 0 aromatic heterocycles. The van der Waals surface area contributed by atoms with Gasteiger partial charge in [-0.05, 0) is 38.3 Å². The van der Waals surface area contributed by atoms with Gasteiger partial charge in [0.05, 0.1) is 0 Å². The van der Waals surface area contributed by atoms with E-state index in [1.165, 1.54) is 11.6 Å². The number of hydrogen-bond acceptors (Lipinski definition) is 2. The molecule has 4 nitrogen and oxygen atoms in total. The zero-order valence-corrected chi connectivity index (χ0v) is 18.6. The number of rotatable bonds is 6. The van der Waals surface area contributed by atoms with E-state index in [1.54, 1.807) is 19.2 Å². The Hall–Kier alpha value is -0.860. The normalized spacial score (nSPS) is 16.1. The number of guanidine groups is 1. The van der Waals surface area contributed by atoms with Crippen LogP contribution in [-0.4, -0.2) is 50.1 Å². The molecule has 0 aliphatic carbocycles. The zero-order chi connectivity index (χ0) is 18.2.